The van der Waals surface area contributed by atoms with Crippen LogP contribution in [0.25, 0.3) is 10.2 Å². The Morgan fingerprint density at radius 3 is 2.88 bits per heavy atom. The fourth-order valence-corrected chi connectivity index (χ4v) is 3.25. The molecule has 4 heteroatoms. The molecule has 2 nitrogen and oxygen atoms in total. The number of rotatable bonds is 4. The number of nitrogens with one attached hydrogen (secondary N) is 1. The van der Waals surface area contributed by atoms with Crippen LogP contribution in [-0.2, 0) is 0 Å². The van der Waals surface area contributed by atoms with Gasteiger partial charge in [-0.1, -0.05) is 36.3 Å². The van der Waals surface area contributed by atoms with Crippen LogP contribution >= 0.6 is 22.9 Å². The molecule has 0 fully saturated rings. The van der Waals surface area contributed by atoms with Gasteiger partial charge in [-0.05, 0) is 38.5 Å². The van der Waals surface area contributed by atoms with Crippen LogP contribution in [0.15, 0.2) is 18.2 Å². The van der Waals surface area contributed by atoms with Gasteiger partial charge in [0.15, 0.2) is 5.13 Å². The van der Waals surface area contributed by atoms with Gasteiger partial charge in [0.2, 0.25) is 0 Å². The molecule has 2 aromatic rings. The maximum Gasteiger partial charge on any atom is 0.184 e. The Labute approximate surface area is 111 Å². The van der Waals surface area contributed by atoms with Crippen molar-refractivity contribution in [2.75, 3.05) is 5.32 Å². The average molecular weight is 269 g/mol. The molecule has 1 heterocycles. The van der Waals surface area contributed by atoms with Crippen LogP contribution in [0.1, 0.15) is 33.6 Å². The van der Waals surface area contributed by atoms with E-state index in [1.807, 2.05) is 18.2 Å². The number of thiazole rings is 1. The average Bonchev–Trinajstić information content (AvgIpc) is 2.57. The number of hydrogen-bond acceptors (Lipinski definition) is 3. The molecule has 92 valence electrons. The summed E-state index contributed by atoms with van der Waals surface area (Å²) in [6.07, 6.45) is 2.29. The Kier molecular flexibility index (Phi) is 3.59. The summed E-state index contributed by atoms with van der Waals surface area (Å²) in [6, 6.07) is 5.81. The molecule has 2 rings (SSSR count). The molecule has 0 spiro atoms. The van der Waals surface area contributed by atoms with E-state index in [1.165, 1.54) is 0 Å². The standard InChI is InChI=1S/C13H17ClN2S/c1-4-7-13(2,3)16-12-15-10-6-5-9(14)8-11(10)17-12/h5-6,8H,4,7H2,1-3H3,(H,15,16). The monoisotopic (exact) mass is 268 g/mol. The van der Waals surface area contributed by atoms with Crippen LogP contribution < -0.4 is 5.32 Å². The summed E-state index contributed by atoms with van der Waals surface area (Å²) in [4.78, 5) is 4.57. The highest BCUT2D eigenvalue weighted by molar-refractivity contribution is 7.22. The molecule has 0 saturated heterocycles. The fourth-order valence-electron chi connectivity index (χ4n) is 1.93. The van der Waals surface area contributed by atoms with E-state index in [1.54, 1.807) is 11.3 Å². The smallest absolute Gasteiger partial charge is 0.184 e. The van der Waals surface area contributed by atoms with E-state index in [4.69, 9.17) is 11.6 Å². The second-order valence-electron chi connectivity index (χ2n) is 4.89. The number of fused-ring (bicyclic) bond motifs is 1. The molecule has 0 aliphatic carbocycles. The second kappa shape index (κ2) is 4.83. The van der Waals surface area contributed by atoms with Crippen molar-refractivity contribution in [3.05, 3.63) is 23.2 Å². The molecule has 0 aliphatic heterocycles. The lowest BCUT2D eigenvalue weighted by molar-refractivity contribution is 0.511. The van der Waals surface area contributed by atoms with Crippen molar-refractivity contribution in [1.82, 2.24) is 4.98 Å². The van der Waals surface area contributed by atoms with Crippen LogP contribution in [0.4, 0.5) is 5.13 Å². The highest BCUT2D eigenvalue weighted by atomic mass is 35.5. The first-order valence-corrected chi connectivity index (χ1v) is 7.04. The van der Waals surface area contributed by atoms with Gasteiger partial charge in [0.25, 0.3) is 0 Å². The summed E-state index contributed by atoms with van der Waals surface area (Å²) < 4.78 is 1.13. The van der Waals surface area contributed by atoms with Crippen molar-refractivity contribution in [1.29, 1.82) is 0 Å². The zero-order valence-corrected chi connectivity index (χ0v) is 12.0. The maximum absolute atomic E-state index is 5.97. The third-order valence-electron chi connectivity index (χ3n) is 2.67. The number of halogens is 1. The lowest BCUT2D eigenvalue weighted by Gasteiger charge is -2.25. The van der Waals surface area contributed by atoms with Gasteiger partial charge in [0.1, 0.15) is 0 Å². The van der Waals surface area contributed by atoms with Gasteiger partial charge >= 0.3 is 0 Å². The van der Waals surface area contributed by atoms with Crippen LogP contribution in [-0.4, -0.2) is 10.5 Å². The van der Waals surface area contributed by atoms with E-state index in [0.717, 1.165) is 33.2 Å². The summed E-state index contributed by atoms with van der Waals surface area (Å²) in [6.45, 7) is 6.60. The molecule has 17 heavy (non-hydrogen) atoms. The zero-order chi connectivity index (χ0) is 12.5. The highest BCUT2D eigenvalue weighted by Crippen LogP contribution is 2.30. The first-order chi connectivity index (χ1) is 8.00. The Morgan fingerprint density at radius 1 is 1.41 bits per heavy atom. The van der Waals surface area contributed by atoms with E-state index >= 15 is 0 Å². The van der Waals surface area contributed by atoms with E-state index in [9.17, 15) is 0 Å². The lowest BCUT2D eigenvalue weighted by Crippen LogP contribution is -2.30. The summed E-state index contributed by atoms with van der Waals surface area (Å²) in [5.41, 5.74) is 1.10. The molecule has 1 N–H and O–H groups in total. The largest absolute Gasteiger partial charge is 0.357 e. The zero-order valence-electron chi connectivity index (χ0n) is 10.4. The summed E-state index contributed by atoms with van der Waals surface area (Å²) in [5.74, 6) is 0. The molecule has 0 saturated carbocycles. The van der Waals surface area contributed by atoms with Crippen molar-refractivity contribution >= 4 is 38.3 Å². The fraction of sp³-hybridized carbons (Fsp3) is 0.462. The number of nitrogens with zero attached hydrogens (tertiary/aromatic N) is 1. The quantitative estimate of drug-likeness (QED) is 0.849. The van der Waals surface area contributed by atoms with Crippen LogP contribution in [0, 0.1) is 0 Å². The van der Waals surface area contributed by atoms with Crippen molar-refractivity contribution in [3.63, 3.8) is 0 Å². The number of hydrogen-bond donors (Lipinski definition) is 1. The molecule has 0 amide bonds. The Balaban J connectivity index is 2.25. The van der Waals surface area contributed by atoms with Gasteiger partial charge < -0.3 is 5.32 Å². The molecule has 0 bridgehead atoms. The number of anilines is 1. The lowest BCUT2D eigenvalue weighted by atomic mass is 10.00. The van der Waals surface area contributed by atoms with Gasteiger partial charge in [-0.2, -0.15) is 0 Å². The van der Waals surface area contributed by atoms with Crippen LogP contribution in [0.3, 0.4) is 0 Å². The normalized spacial score (nSPS) is 12.0. The molecule has 0 atom stereocenters. The molecule has 1 aromatic heterocycles. The third kappa shape index (κ3) is 3.11. The van der Waals surface area contributed by atoms with Gasteiger partial charge in [-0.25, -0.2) is 4.98 Å². The predicted octanol–water partition coefficient (Wildman–Crippen LogP) is 4.94. The van der Waals surface area contributed by atoms with Gasteiger partial charge in [-0.3, -0.25) is 0 Å². The van der Waals surface area contributed by atoms with Crippen molar-refractivity contribution in [3.8, 4) is 0 Å². The van der Waals surface area contributed by atoms with E-state index in [2.05, 4.69) is 31.1 Å². The molecule has 0 radical (unpaired) electrons. The maximum atomic E-state index is 5.97. The minimum atomic E-state index is 0.0897. The third-order valence-corrected chi connectivity index (χ3v) is 3.84. The minimum Gasteiger partial charge on any atom is -0.357 e. The Bertz CT molecular complexity index is 519. The summed E-state index contributed by atoms with van der Waals surface area (Å²) >= 11 is 7.63. The molecular weight excluding hydrogens is 252 g/mol. The molecule has 0 unspecified atom stereocenters. The molecular formula is C13H17ClN2S. The van der Waals surface area contributed by atoms with Gasteiger partial charge in [0, 0.05) is 10.6 Å². The molecule has 0 aliphatic rings. The van der Waals surface area contributed by atoms with E-state index in [-0.39, 0.29) is 5.54 Å². The summed E-state index contributed by atoms with van der Waals surface area (Å²) in [7, 11) is 0. The van der Waals surface area contributed by atoms with Gasteiger partial charge in [-0.15, -0.1) is 0 Å². The van der Waals surface area contributed by atoms with E-state index in [0.29, 0.717) is 0 Å². The first kappa shape index (κ1) is 12.7. The summed E-state index contributed by atoms with van der Waals surface area (Å²) in [5, 5.41) is 5.23. The minimum absolute atomic E-state index is 0.0897. The van der Waals surface area contributed by atoms with Crippen LogP contribution in [0.5, 0.6) is 0 Å². The highest BCUT2D eigenvalue weighted by Gasteiger charge is 2.17. The topological polar surface area (TPSA) is 24.9 Å². The van der Waals surface area contributed by atoms with Gasteiger partial charge in [0.05, 0.1) is 10.2 Å². The van der Waals surface area contributed by atoms with Crippen molar-refractivity contribution in [2.24, 2.45) is 0 Å². The molecule has 1 aromatic carbocycles. The van der Waals surface area contributed by atoms with Crippen molar-refractivity contribution in [2.45, 2.75) is 39.2 Å². The van der Waals surface area contributed by atoms with Crippen molar-refractivity contribution < 1.29 is 0 Å². The second-order valence-corrected chi connectivity index (χ2v) is 6.36. The van der Waals surface area contributed by atoms with Crippen LogP contribution in [0.2, 0.25) is 5.02 Å². The number of benzene rings is 1. The Hall–Kier alpha value is -0.800. The SMILES string of the molecule is CCCC(C)(C)Nc1nc2ccc(Cl)cc2s1. The Morgan fingerprint density at radius 2 is 2.18 bits per heavy atom. The van der Waals surface area contributed by atoms with E-state index < -0.39 is 0 Å². The predicted molar refractivity (Wildman–Crippen MR) is 77.2 cm³/mol. The number of aromatic nitrogens is 1. The first-order valence-electron chi connectivity index (χ1n) is 5.84.